The summed E-state index contributed by atoms with van der Waals surface area (Å²) in [5, 5.41) is 11.7. The predicted molar refractivity (Wildman–Crippen MR) is 114 cm³/mol. The van der Waals surface area contributed by atoms with E-state index in [4.69, 9.17) is 9.26 Å². The molecule has 5 nitrogen and oxygen atoms in total. The Kier molecular flexibility index (Phi) is 6.82. The van der Waals surface area contributed by atoms with E-state index in [1.807, 2.05) is 43.3 Å². The Morgan fingerprint density at radius 2 is 1.61 bits per heavy atom. The second kappa shape index (κ2) is 9.13. The average Bonchev–Trinajstić information content (AvgIpc) is 2.74. The molecule has 28 heavy (non-hydrogen) atoms. The van der Waals surface area contributed by atoms with E-state index in [1.54, 1.807) is 31.4 Å². The number of methoxy groups -OCH3 is 1. The van der Waals surface area contributed by atoms with Gasteiger partial charge >= 0.3 is 0 Å². The number of nitrogens with zero attached hydrogens (tertiary/aromatic N) is 1. The SMILES string of the molecule is COc1ccc([C@@H](O)[P@](=O)(OC2CCCCC2)c2ccc(N(C)C)cc2)cc1. The Bertz CT molecular complexity index is 798. The van der Waals surface area contributed by atoms with Crippen LogP contribution in [0.15, 0.2) is 48.5 Å². The van der Waals surface area contributed by atoms with Gasteiger partial charge in [0.25, 0.3) is 7.37 Å². The van der Waals surface area contributed by atoms with E-state index in [1.165, 1.54) is 6.42 Å². The fraction of sp³-hybridized carbons (Fsp3) is 0.455. The van der Waals surface area contributed by atoms with Gasteiger partial charge in [0.2, 0.25) is 0 Å². The van der Waals surface area contributed by atoms with Gasteiger partial charge in [0, 0.05) is 25.1 Å². The van der Waals surface area contributed by atoms with Crippen molar-refractivity contribution in [1.82, 2.24) is 0 Å². The summed E-state index contributed by atoms with van der Waals surface area (Å²) in [6.07, 6.45) is 5.01. The molecule has 1 N–H and O–H groups in total. The van der Waals surface area contributed by atoms with Crippen molar-refractivity contribution in [2.45, 2.75) is 44.1 Å². The van der Waals surface area contributed by atoms with Crippen LogP contribution in [0, 0.1) is 0 Å². The number of ether oxygens (including phenoxy) is 1. The van der Waals surface area contributed by atoms with Crippen LogP contribution < -0.4 is 14.9 Å². The molecule has 2 atom stereocenters. The summed E-state index contributed by atoms with van der Waals surface area (Å²) in [5.41, 5.74) is 1.57. The highest BCUT2D eigenvalue weighted by Gasteiger charge is 2.39. The minimum Gasteiger partial charge on any atom is -0.497 e. The van der Waals surface area contributed by atoms with Crippen LogP contribution in [-0.2, 0) is 9.09 Å². The second-order valence-corrected chi connectivity index (χ2v) is 9.93. The maximum atomic E-state index is 14.1. The Morgan fingerprint density at radius 1 is 1.00 bits per heavy atom. The number of hydrogen-bond acceptors (Lipinski definition) is 5. The van der Waals surface area contributed by atoms with Gasteiger partial charge in [-0.05, 0) is 54.8 Å². The number of hydrogen-bond donors (Lipinski definition) is 1. The zero-order valence-corrected chi connectivity index (χ0v) is 17.8. The first-order chi connectivity index (χ1) is 13.4. The van der Waals surface area contributed by atoms with Gasteiger partial charge in [0.1, 0.15) is 5.75 Å². The van der Waals surface area contributed by atoms with Crippen LogP contribution in [0.1, 0.15) is 43.5 Å². The Morgan fingerprint density at radius 3 is 2.14 bits per heavy atom. The quantitative estimate of drug-likeness (QED) is 0.679. The summed E-state index contributed by atoms with van der Waals surface area (Å²) in [6.45, 7) is 0. The lowest BCUT2D eigenvalue weighted by Crippen LogP contribution is -2.22. The molecule has 0 bridgehead atoms. The molecule has 1 aliphatic rings. The minimum atomic E-state index is -3.53. The van der Waals surface area contributed by atoms with E-state index >= 15 is 0 Å². The molecule has 0 aliphatic heterocycles. The summed E-state index contributed by atoms with van der Waals surface area (Å²) in [7, 11) is 1.98. The van der Waals surface area contributed by atoms with Crippen molar-refractivity contribution in [3.8, 4) is 5.75 Å². The lowest BCUT2D eigenvalue weighted by Gasteiger charge is -2.31. The first-order valence-electron chi connectivity index (χ1n) is 9.82. The molecular formula is C22H30NO4P. The molecule has 0 spiro atoms. The molecule has 2 aromatic rings. The lowest BCUT2D eigenvalue weighted by molar-refractivity contribution is 0.137. The zero-order chi connectivity index (χ0) is 20.1. The molecule has 1 saturated carbocycles. The van der Waals surface area contributed by atoms with Gasteiger partial charge < -0.3 is 19.3 Å². The van der Waals surface area contributed by atoms with Crippen LogP contribution in [-0.4, -0.2) is 32.4 Å². The van der Waals surface area contributed by atoms with Crippen molar-refractivity contribution < 1.29 is 18.9 Å². The molecule has 2 aromatic carbocycles. The van der Waals surface area contributed by atoms with Crippen LogP contribution in [0.5, 0.6) is 5.75 Å². The molecule has 0 heterocycles. The maximum Gasteiger partial charge on any atom is 0.264 e. The van der Waals surface area contributed by atoms with Crippen molar-refractivity contribution in [2.24, 2.45) is 0 Å². The van der Waals surface area contributed by atoms with Crippen LogP contribution >= 0.6 is 7.37 Å². The largest absolute Gasteiger partial charge is 0.497 e. The molecule has 0 radical (unpaired) electrons. The third-order valence-corrected chi connectivity index (χ3v) is 7.89. The molecule has 1 fully saturated rings. The van der Waals surface area contributed by atoms with Crippen molar-refractivity contribution >= 4 is 18.4 Å². The van der Waals surface area contributed by atoms with Crippen molar-refractivity contribution in [3.05, 3.63) is 54.1 Å². The van der Waals surface area contributed by atoms with Gasteiger partial charge in [-0.3, -0.25) is 4.57 Å². The van der Waals surface area contributed by atoms with Crippen molar-refractivity contribution in [1.29, 1.82) is 0 Å². The van der Waals surface area contributed by atoms with E-state index in [9.17, 15) is 9.67 Å². The van der Waals surface area contributed by atoms with E-state index < -0.39 is 13.2 Å². The van der Waals surface area contributed by atoms with Crippen LogP contribution in [0.4, 0.5) is 5.69 Å². The van der Waals surface area contributed by atoms with E-state index in [2.05, 4.69) is 0 Å². The summed E-state index contributed by atoms with van der Waals surface area (Å²) in [5.74, 6) is -0.528. The monoisotopic (exact) mass is 403 g/mol. The standard InChI is InChI=1S/C22H30NO4P/c1-23(2)18-11-15-21(16-12-18)28(25,27-20-7-5-4-6-8-20)22(24)17-9-13-19(26-3)14-10-17/h9-16,20,22,24H,4-8H2,1-3H3/t22-,28+/m0/s1. The highest BCUT2D eigenvalue weighted by molar-refractivity contribution is 7.67. The first-order valence-corrected chi connectivity index (χ1v) is 11.5. The van der Waals surface area contributed by atoms with Crippen LogP contribution in [0.3, 0.4) is 0 Å². The number of rotatable bonds is 7. The minimum absolute atomic E-state index is 0.0824. The highest BCUT2D eigenvalue weighted by atomic mass is 31.2. The molecule has 3 rings (SSSR count). The Labute approximate surface area is 167 Å². The van der Waals surface area contributed by atoms with E-state index in [0.29, 0.717) is 16.6 Å². The molecular weight excluding hydrogens is 373 g/mol. The molecule has 152 valence electrons. The second-order valence-electron chi connectivity index (χ2n) is 7.52. The maximum absolute atomic E-state index is 14.1. The molecule has 6 heteroatoms. The summed E-state index contributed by atoms with van der Waals surface area (Å²) in [4.78, 5) is 1.98. The van der Waals surface area contributed by atoms with Crippen LogP contribution in [0.25, 0.3) is 0 Å². The average molecular weight is 403 g/mol. The Hall–Kier alpha value is -1.81. The normalized spacial score (nSPS) is 18.3. The topological polar surface area (TPSA) is 59.0 Å². The van der Waals surface area contributed by atoms with Crippen LogP contribution in [0.2, 0.25) is 0 Å². The van der Waals surface area contributed by atoms with E-state index in [-0.39, 0.29) is 6.10 Å². The number of aliphatic hydroxyl groups excluding tert-OH is 1. The number of aliphatic hydroxyl groups is 1. The highest BCUT2D eigenvalue weighted by Crippen LogP contribution is 2.59. The molecule has 0 amide bonds. The van der Waals surface area contributed by atoms with E-state index in [0.717, 1.165) is 31.4 Å². The fourth-order valence-corrected chi connectivity index (χ4v) is 5.88. The molecule has 0 aromatic heterocycles. The first kappa shape index (κ1) is 20.9. The van der Waals surface area contributed by atoms with Crippen molar-refractivity contribution in [2.75, 3.05) is 26.1 Å². The fourth-order valence-electron chi connectivity index (χ4n) is 3.58. The molecule has 0 unspecified atom stereocenters. The molecule has 1 aliphatic carbocycles. The predicted octanol–water partition coefficient (Wildman–Crippen LogP) is 4.71. The third-order valence-electron chi connectivity index (χ3n) is 5.32. The summed E-state index contributed by atoms with van der Waals surface area (Å²) in [6, 6.07) is 14.5. The van der Waals surface area contributed by atoms with Gasteiger partial charge in [-0.15, -0.1) is 0 Å². The molecule has 0 saturated heterocycles. The smallest absolute Gasteiger partial charge is 0.264 e. The lowest BCUT2D eigenvalue weighted by atomic mass is 9.98. The summed E-state index contributed by atoms with van der Waals surface area (Å²) >= 11 is 0. The number of benzene rings is 2. The van der Waals surface area contributed by atoms with Gasteiger partial charge in [-0.25, -0.2) is 0 Å². The van der Waals surface area contributed by atoms with Gasteiger partial charge in [0.05, 0.1) is 13.2 Å². The van der Waals surface area contributed by atoms with Gasteiger partial charge in [0.15, 0.2) is 5.85 Å². The zero-order valence-electron chi connectivity index (χ0n) is 16.9. The number of anilines is 1. The van der Waals surface area contributed by atoms with Gasteiger partial charge in [-0.2, -0.15) is 0 Å². The summed E-state index contributed by atoms with van der Waals surface area (Å²) < 4.78 is 25.5. The Balaban J connectivity index is 1.95. The van der Waals surface area contributed by atoms with Gasteiger partial charge in [-0.1, -0.05) is 31.4 Å². The third kappa shape index (κ3) is 4.60. The van der Waals surface area contributed by atoms with Crippen molar-refractivity contribution in [3.63, 3.8) is 0 Å².